The van der Waals surface area contributed by atoms with Gasteiger partial charge in [0, 0.05) is 23.7 Å². The molecule has 0 radical (unpaired) electrons. The molecule has 114 valence electrons. The summed E-state index contributed by atoms with van der Waals surface area (Å²) in [7, 11) is 0. The Balaban J connectivity index is 0.00000220. The van der Waals surface area contributed by atoms with Crippen LogP contribution in [0.1, 0.15) is 23.6 Å². The SMILES string of the molecule is CCOc1ccc(Cl)cc1CNCc1ccc(C)cc1.[Cl-]. The van der Waals surface area contributed by atoms with Gasteiger partial charge in [-0.2, -0.15) is 0 Å². The number of hydrogen-bond acceptors (Lipinski definition) is 2. The molecule has 0 aromatic heterocycles. The Morgan fingerprint density at radius 3 is 2.43 bits per heavy atom. The topological polar surface area (TPSA) is 21.3 Å². The van der Waals surface area contributed by atoms with Gasteiger partial charge in [-0.1, -0.05) is 41.4 Å². The fraction of sp³-hybridized carbons (Fsp3) is 0.294. The van der Waals surface area contributed by atoms with E-state index in [9.17, 15) is 0 Å². The number of ether oxygens (including phenoxy) is 1. The van der Waals surface area contributed by atoms with Crippen LogP contribution >= 0.6 is 11.6 Å². The van der Waals surface area contributed by atoms with Gasteiger partial charge in [-0.05, 0) is 37.6 Å². The average molecular weight is 325 g/mol. The van der Waals surface area contributed by atoms with E-state index in [1.807, 2.05) is 25.1 Å². The molecule has 0 bridgehead atoms. The highest BCUT2D eigenvalue weighted by Crippen LogP contribution is 2.23. The molecule has 0 heterocycles. The summed E-state index contributed by atoms with van der Waals surface area (Å²) >= 11 is 6.05. The minimum Gasteiger partial charge on any atom is -1.00 e. The van der Waals surface area contributed by atoms with Crippen molar-refractivity contribution in [2.75, 3.05) is 6.61 Å². The summed E-state index contributed by atoms with van der Waals surface area (Å²) in [6.07, 6.45) is 0. The highest BCUT2D eigenvalue weighted by atomic mass is 35.5. The fourth-order valence-corrected chi connectivity index (χ4v) is 2.22. The highest BCUT2D eigenvalue weighted by molar-refractivity contribution is 6.30. The Bertz CT molecular complexity index is 555. The van der Waals surface area contributed by atoms with E-state index in [4.69, 9.17) is 16.3 Å². The van der Waals surface area contributed by atoms with Gasteiger partial charge in [0.1, 0.15) is 5.75 Å². The molecule has 1 N–H and O–H groups in total. The van der Waals surface area contributed by atoms with Gasteiger partial charge in [-0.3, -0.25) is 0 Å². The molecule has 4 heteroatoms. The van der Waals surface area contributed by atoms with Crippen molar-refractivity contribution in [1.82, 2.24) is 5.32 Å². The van der Waals surface area contributed by atoms with E-state index >= 15 is 0 Å². The van der Waals surface area contributed by atoms with E-state index in [0.717, 1.165) is 29.4 Å². The van der Waals surface area contributed by atoms with E-state index in [-0.39, 0.29) is 12.4 Å². The lowest BCUT2D eigenvalue weighted by atomic mass is 10.1. The second-order valence-electron chi connectivity index (χ2n) is 4.77. The first-order valence-electron chi connectivity index (χ1n) is 6.86. The molecule has 2 aromatic carbocycles. The number of halogens is 2. The van der Waals surface area contributed by atoms with Gasteiger partial charge in [0.25, 0.3) is 0 Å². The molecule has 0 aliphatic rings. The lowest BCUT2D eigenvalue weighted by Gasteiger charge is -2.11. The monoisotopic (exact) mass is 324 g/mol. The molecular formula is C17H20Cl2NO-. The van der Waals surface area contributed by atoms with Crippen molar-refractivity contribution in [3.63, 3.8) is 0 Å². The molecule has 0 saturated heterocycles. The van der Waals surface area contributed by atoms with Gasteiger partial charge in [0.05, 0.1) is 6.61 Å². The van der Waals surface area contributed by atoms with Crippen molar-refractivity contribution < 1.29 is 17.1 Å². The van der Waals surface area contributed by atoms with Crippen molar-refractivity contribution in [1.29, 1.82) is 0 Å². The Hall–Kier alpha value is -1.22. The third kappa shape index (κ3) is 5.58. The third-order valence-electron chi connectivity index (χ3n) is 3.09. The molecule has 0 aliphatic carbocycles. The van der Waals surface area contributed by atoms with Crippen LogP contribution in [0.25, 0.3) is 0 Å². The normalized spacial score (nSPS) is 10.0. The van der Waals surface area contributed by atoms with Crippen molar-refractivity contribution >= 4 is 11.6 Å². The number of rotatable bonds is 6. The Labute approximate surface area is 137 Å². The first kappa shape index (κ1) is 17.8. The lowest BCUT2D eigenvalue weighted by molar-refractivity contribution is -0.00000463. The van der Waals surface area contributed by atoms with E-state index in [1.54, 1.807) is 0 Å². The molecule has 2 nitrogen and oxygen atoms in total. The molecule has 0 atom stereocenters. The number of nitrogens with one attached hydrogen (secondary N) is 1. The summed E-state index contributed by atoms with van der Waals surface area (Å²) in [4.78, 5) is 0. The van der Waals surface area contributed by atoms with Crippen LogP contribution in [0, 0.1) is 6.92 Å². The second kappa shape index (κ2) is 8.93. The summed E-state index contributed by atoms with van der Waals surface area (Å²) in [5.41, 5.74) is 3.64. The van der Waals surface area contributed by atoms with Gasteiger partial charge < -0.3 is 22.5 Å². The maximum Gasteiger partial charge on any atom is 0.123 e. The predicted molar refractivity (Wildman–Crippen MR) is 84.3 cm³/mol. The zero-order valence-electron chi connectivity index (χ0n) is 12.3. The quantitative estimate of drug-likeness (QED) is 0.866. The molecule has 2 rings (SSSR count). The number of benzene rings is 2. The minimum atomic E-state index is 0. The second-order valence-corrected chi connectivity index (χ2v) is 5.21. The average Bonchev–Trinajstić information content (AvgIpc) is 2.44. The van der Waals surface area contributed by atoms with Gasteiger partial charge in [0.15, 0.2) is 0 Å². The Morgan fingerprint density at radius 2 is 1.76 bits per heavy atom. The molecule has 0 spiro atoms. The van der Waals surface area contributed by atoms with Gasteiger partial charge in [-0.15, -0.1) is 0 Å². The van der Waals surface area contributed by atoms with Crippen molar-refractivity contribution in [2.24, 2.45) is 0 Å². The van der Waals surface area contributed by atoms with Crippen molar-refractivity contribution in [3.05, 3.63) is 64.2 Å². The van der Waals surface area contributed by atoms with E-state index < -0.39 is 0 Å². The lowest BCUT2D eigenvalue weighted by Crippen LogP contribution is -3.00. The Kier molecular flexibility index (Phi) is 7.58. The summed E-state index contributed by atoms with van der Waals surface area (Å²) < 4.78 is 5.61. The fourth-order valence-electron chi connectivity index (χ4n) is 2.03. The van der Waals surface area contributed by atoms with Crippen LogP contribution in [-0.2, 0) is 13.1 Å². The first-order valence-corrected chi connectivity index (χ1v) is 7.24. The van der Waals surface area contributed by atoms with E-state index in [2.05, 4.69) is 36.5 Å². The summed E-state index contributed by atoms with van der Waals surface area (Å²) in [5, 5.41) is 4.16. The molecule has 2 aromatic rings. The Morgan fingerprint density at radius 1 is 1.05 bits per heavy atom. The number of hydrogen-bond donors (Lipinski definition) is 1. The van der Waals surface area contributed by atoms with Crippen LogP contribution in [0.5, 0.6) is 5.75 Å². The van der Waals surface area contributed by atoms with Crippen LogP contribution in [0.3, 0.4) is 0 Å². The van der Waals surface area contributed by atoms with Crippen LogP contribution in [-0.4, -0.2) is 6.61 Å². The molecule has 0 aliphatic heterocycles. The molecule has 0 saturated carbocycles. The van der Waals surface area contributed by atoms with Crippen LogP contribution < -0.4 is 22.5 Å². The predicted octanol–water partition coefficient (Wildman–Crippen LogP) is 1.34. The highest BCUT2D eigenvalue weighted by Gasteiger charge is 2.04. The third-order valence-corrected chi connectivity index (χ3v) is 3.32. The summed E-state index contributed by atoms with van der Waals surface area (Å²) in [5.74, 6) is 0.897. The molecule has 0 fully saturated rings. The zero-order valence-corrected chi connectivity index (χ0v) is 13.8. The maximum absolute atomic E-state index is 6.05. The number of aryl methyl sites for hydroxylation is 1. The standard InChI is InChI=1S/C17H20ClNO.ClH/c1-3-20-17-9-8-16(18)10-15(17)12-19-11-14-6-4-13(2)5-7-14;/h4-10,19H,3,11-12H2,1-2H3;1H/p-1. The van der Waals surface area contributed by atoms with Crippen molar-refractivity contribution in [3.8, 4) is 5.75 Å². The van der Waals surface area contributed by atoms with Crippen LogP contribution in [0.2, 0.25) is 5.02 Å². The van der Waals surface area contributed by atoms with Gasteiger partial charge in [-0.25, -0.2) is 0 Å². The molecular weight excluding hydrogens is 305 g/mol. The smallest absolute Gasteiger partial charge is 0.123 e. The molecule has 0 unspecified atom stereocenters. The van der Waals surface area contributed by atoms with Gasteiger partial charge >= 0.3 is 0 Å². The van der Waals surface area contributed by atoms with Gasteiger partial charge in [0.2, 0.25) is 0 Å². The first-order chi connectivity index (χ1) is 9.69. The van der Waals surface area contributed by atoms with Crippen LogP contribution in [0.15, 0.2) is 42.5 Å². The van der Waals surface area contributed by atoms with Crippen molar-refractivity contribution in [2.45, 2.75) is 26.9 Å². The molecule has 0 amide bonds. The molecule has 21 heavy (non-hydrogen) atoms. The van der Waals surface area contributed by atoms with E-state index in [0.29, 0.717) is 6.61 Å². The largest absolute Gasteiger partial charge is 1.00 e. The zero-order chi connectivity index (χ0) is 14.4. The summed E-state index contributed by atoms with van der Waals surface area (Å²) in [6, 6.07) is 14.3. The van der Waals surface area contributed by atoms with Crippen LogP contribution in [0.4, 0.5) is 0 Å². The minimum absolute atomic E-state index is 0. The van der Waals surface area contributed by atoms with E-state index in [1.165, 1.54) is 11.1 Å². The maximum atomic E-state index is 6.05. The summed E-state index contributed by atoms with van der Waals surface area (Å²) in [6.45, 7) is 6.31.